The van der Waals surface area contributed by atoms with Crippen molar-refractivity contribution in [3.8, 4) is 0 Å². The van der Waals surface area contributed by atoms with Gasteiger partial charge in [0.05, 0.1) is 97.8 Å². The molecule has 2 aliphatic rings. The van der Waals surface area contributed by atoms with Crippen molar-refractivity contribution in [1.82, 2.24) is 0 Å². The van der Waals surface area contributed by atoms with Gasteiger partial charge in [-0.05, 0) is 0 Å². The molecular formula is C31H48O16. The number of methoxy groups -OCH3 is 4. The molecule has 2 heterocycles. The zero-order valence-corrected chi connectivity index (χ0v) is 28.4. The molecule has 2 rings (SSSR count). The zero-order valence-electron chi connectivity index (χ0n) is 28.4. The number of hydrogen-bond donors (Lipinski definition) is 0. The number of hydrogen-bond acceptors (Lipinski definition) is 16. The molecule has 47 heavy (non-hydrogen) atoms. The van der Waals surface area contributed by atoms with Crippen LogP contribution < -0.4 is 0 Å². The summed E-state index contributed by atoms with van der Waals surface area (Å²) in [6, 6.07) is 0. The first-order chi connectivity index (χ1) is 22.0. The van der Waals surface area contributed by atoms with E-state index in [4.69, 9.17) is 37.9 Å². The van der Waals surface area contributed by atoms with Crippen molar-refractivity contribution in [2.75, 3.05) is 68.1 Å². The topological polar surface area (TPSA) is 195 Å². The van der Waals surface area contributed by atoms with Gasteiger partial charge in [-0.2, -0.15) is 0 Å². The largest absolute Gasteiger partial charge is 0.469 e. The lowest BCUT2D eigenvalue weighted by molar-refractivity contribution is -0.337. The van der Waals surface area contributed by atoms with E-state index in [9.17, 15) is 28.8 Å². The monoisotopic (exact) mass is 676 g/mol. The molecule has 2 saturated heterocycles. The minimum absolute atomic E-state index is 0.0155. The van der Waals surface area contributed by atoms with E-state index in [0.29, 0.717) is 0 Å². The maximum Gasteiger partial charge on any atom is 0.310 e. The Balaban J connectivity index is 1.88. The predicted molar refractivity (Wildman–Crippen MR) is 157 cm³/mol. The van der Waals surface area contributed by atoms with Crippen molar-refractivity contribution in [2.24, 2.45) is 28.1 Å². The standard InChI is InChI=1S/C31H48O16/c1-29(2,13-42-22(33)10-9-21(32)38-5)27-44-15-31(16-45-27)17-46-28(47-18-31)30(3,4)14-43-24(35)12-20(26(37)41-8)19(25(36)40-7)11-23(34)39-6/h19-20,27-28H,9-18H2,1-8H3. The van der Waals surface area contributed by atoms with Crippen LogP contribution in [0.25, 0.3) is 0 Å². The van der Waals surface area contributed by atoms with Gasteiger partial charge in [0.1, 0.15) is 13.2 Å². The highest BCUT2D eigenvalue weighted by atomic mass is 16.7. The number of carbonyl (C=O) groups excluding carboxylic acids is 6. The Morgan fingerprint density at radius 2 is 0.936 bits per heavy atom. The lowest BCUT2D eigenvalue weighted by atomic mass is 9.86. The summed E-state index contributed by atoms with van der Waals surface area (Å²) < 4.78 is 53.5. The average molecular weight is 677 g/mol. The first kappa shape index (κ1) is 39.8. The van der Waals surface area contributed by atoms with Crippen molar-refractivity contribution in [2.45, 2.75) is 66.0 Å². The molecule has 2 atom stereocenters. The van der Waals surface area contributed by atoms with E-state index in [-0.39, 0.29) is 52.5 Å². The Bertz CT molecular complexity index is 1100. The average Bonchev–Trinajstić information content (AvgIpc) is 3.06. The van der Waals surface area contributed by atoms with Crippen molar-refractivity contribution in [3.05, 3.63) is 0 Å². The second-order valence-electron chi connectivity index (χ2n) is 13.0. The first-order valence-corrected chi connectivity index (χ1v) is 15.1. The van der Waals surface area contributed by atoms with Gasteiger partial charge in [0.15, 0.2) is 12.6 Å². The molecule has 0 aliphatic carbocycles. The van der Waals surface area contributed by atoms with E-state index in [1.54, 1.807) is 13.8 Å². The number of carbonyl (C=O) groups is 6. The number of ether oxygens (including phenoxy) is 10. The smallest absolute Gasteiger partial charge is 0.310 e. The van der Waals surface area contributed by atoms with Crippen molar-refractivity contribution in [3.63, 3.8) is 0 Å². The molecule has 0 radical (unpaired) electrons. The summed E-state index contributed by atoms with van der Waals surface area (Å²) in [5.41, 5.74) is -2.11. The Hall–Kier alpha value is -3.34. The molecule has 2 unspecified atom stereocenters. The summed E-state index contributed by atoms with van der Waals surface area (Å²) in [5.74, 6) is -7.03. The molecule has 2 aliphatic heterocycles. The second-order valence-corrected chi connectivity index (χ2v) is 13.0. The third-order valence-corrected chi connectivity index (χ3v) is 7.91. The number of esters is 6. The maximum atomic E-state index is 12.8. The molecule has 0 N–H and O–H groups in total. The quantitative estimate of drug-likeness (QED) is 0.168. The SMILES string of the molecule is COC(=O)CCC(=O)OCC(C)(C)C1OCC2(CO1)COC(C(C)(C)COC(=O)CC(C(=O)OC)C(CC(=O)OC)C(=O)OC)OC2. The molecule has 2 fully saturated rings. The molecule has 268 valence electrons. The predicted octanol–water partition coefficient (Wildman–Crippen LogP) is 1.34. The Morgan fingerprint density at radius 3 is 1.32 bits per heavy atom. The Morgan fingerprint density at radius 1 is 0.574 bits per heavy atom. The van der Waals surface area contributed by atoms with Gasteiger partial charge in [-0.3, -0.25) is 28.8 Å². The van der Waals surface area contributed by atoms with Crippen molar-refractivity contribution in [1.29, 1.82) is 0 Å². The van der Waals surface area contributed by atoms with Crippen LogP contribution >= 0.6 is 0 Å². The summed E-state index contributed by atoms with van der Waals surface area (Å²) in [5, 5.41) is 0. The van der Waals surface area contributed by atoms with E-state index in [0.717, 1.165) is 21.3 Å². The van der Waals surface area contributed by atoms with Gasteiger partial charge in [-0.1, -0.05) is 27.7 Å². The summed E-state index contributed by atoms with van der Waals surface area (Å²) in [6.07, 6.45) is -2.64. The van der Waals surface area contributed by atoms with Gasteiger partial charge in [-0.15, -0.1) is 0 Å². The minimum atomic E-state index is -1.34. The van der Waals surface area contributed by atoms with Crippen LogP contribution in [0.2, 0.25) is 0 Å². The van der Waals surface area contributed by atoms with Crippen LogP contribution in [-0.2, 0) is 76.1 Å². The lowest BCUT2D eigenvalue weighted by Gasteiger charge is -2.48. The minimum Gasteiger partial charge on any atom is -0.469 e. The summed E-state index contributed by atoms with van der Waals surface area (Å²) in [7, 11) is 4.57. The van der Waals surface area contributed by atoms with Gasteiger partial charge >= 0.3 is 35.8 Å². The number of rotatable bonds is 16. The van der Waals surface area contributed by atoms with Gasteiger partial charge in [0.2, 0.25) is 0 Å². The van der Waals surface area contributed by atoms with E-state index in [1.807, 2.05) is 13.8 Å². The molecule has 16 nitrogen and oxygen atoms in total. The fraction of sp³-hybridized carbons (Fsp3) is 0.806. The molecule has 0 saturated carbocycles. The van der Waals surface area contributed by atoms with Crippen LogP contribution in [-0.4, -0.2) is 116 Å². The molecule has 1 spiro atoms. The van der Waals surface area contributed by atoms with Gasteiger partial charge < -0.3 is 47.4 Å². The van der Waals surface area contributed by atoms with Crippen LogP contribution in [0.4, 0.5) is 0 Å². The Labute approximate surface area is 274 Å². The molecule has 16 heteroatoms. The van der Waals surface area contributed by atoms with Crippen LogP contribution in [0.1, 0.15) is 53.4 Å². The second kappa shape index (κ2) is 17.7. The summed E-state index contributed by atoms with van der Waals surface area (Å²) >= 11 is 0. The van der Waals surface area contributed by atoms with E-state index in [1.165, 1.54) is 7.11 Å². The van der Waals surface area contributed by atoms with Crippen LogP contribution in [0, 0.1) is 28.1 Å². The summed E-state index contributed by atoms with van der Waals surface area (Å²) in [6.45, 7) is 8.02. The fourth-order valence-corrected chi connectivity index (χ4v) is 4.89. The molecule has 0 aromatic heterocycles. The van der Waals surface area contributed by atoms with E-state index < -0.39 is 89.3 Å². The lowest BCUT2D eigenvalue weighted by Crippen LogP contribution is -2.57. The molecular weight excluding hydrogens is 628 g/mol. The Kier molecular flexibility index (Phi) is 15.0. The van der Waals surface area contributed by atoms with Crippen molar-refractivity contribution < 1.29 is 76.1 Å². The molecule has 0 bridgehead atoms. The summed E-state index contributed by atoms with van der Waals surface area (Å²) in [4.78, 5) is 72.8. The highest BCUT2D eigenvalue weighted by Crippen LogP contribution is 2.39. The van der Waals surface area contributed by atoms with Gasteiger partial charge in [0, 0.05) is 10.8 Å². The van der Waals surface area contributed by atoms with E-state index in [2.05, 4.69) is 9.47 Å². The highest BCUT2D eigenvalue weighted by Gasteiger charge is 2.48. The molecule has 0 aromatic rings. The molecule has 0 amide bonds. The van der Waals surface area contributed by atoms with Gasteiger partial charge in [0.25, 0.3) is 0 Å². The van der Waals surface area contributed by atoms with E-state index >= 15 is 0 Å². The highest BCUT2D eigenvalue weighted by molar-refractivity contribution is 5.88. The normalized spacial score (nSPS) is 22.7. The maximum absolute atomic E-state index is 12.8. The third kappa shape index (κ3) is 11.7. The van der Waals surface area contributed by atoms with Crippen LogP contribution in [0.15, 0.2) is 0 Å². The van der Waals surface area contributed by atoms with Crippen LogP contribution in [0.5, 0.6) is 0 Å². The first-order valence-electron chi connectivity index (χ1n) is 15.1. The van der Waals surface area contributed by atoms with Crippen LogP contribution in [0.3, 0.4) is 0 Å². The molecule has 0 aromatic carbocycles. The fourth-order valence-electron chi connectivity index (χ4n) is 4.89. The van der Waals surface area contributed by atoms with Gasteiger partial charge in [-0.25, -0.2) is 0 Å². The van der Waals surface area contributed by atoms with Crippen molar-refractivity contribution >= 4 is 35.8 Å². The third-order valence-electron chi connectivity index (χ3n) is 7.91. The zero-order chi connectivity index (χ0) is 35.4.